The lowest BCUT2D eigenvalue weighted by Gasteiger charge is -2.30. The van der Waals surface area contributed by atoms with Gasteiger partial charge in [-0.05, 0) is 36.8 Å². The highest BCUT2D eigenvalue weighted by Gasteiger charge is 2.45. The molecule has 1 amide bonds. The third kappa shape index (κ3) is 4.54. The normalized spacial score (nSPS) is 19.1. The van der Waals surface area contributed by atoms with Gasteiger partial charge in [-0.25, -0.2) is 0 Å². The molecule has 1 aromatic heterocycles. The molecule has 0 spiro atoms. The molecule has 8 nitrogen and oxygen atoms in total. The van der Waals surface area contributed by atoms with Crippen molar-refractivity contribution < 1.29 is 33.5 Å². The third-order valence-electron chi connectivity index (χ3n) is 6.59. The second-order valence-electron chi connectivity index (χ2n) is 8.76. The molecule has 0 aliphatic carbocycles. The SMILES string of the molecule is CCOc1cccc([C@@H]2C(C(=O)c3cc4ccccc4o3)=C(O)C(=O)N2CC[NH+]2CCOCC2)c1. The van der Waals surface area contributed by atoms with Crippen LogP contribution in [0.3, 0.4) is 0 Å². The van der Waals surface area contributed by atoms with E-state index in [1.807, 2.05) is 49.4 Å². The second-order valence-corrected chi connectivity index (χ2v) is 8.76. The summed E-state index contributed by atoms with van der Waals surface area (Å²) in [6.45, 7) is 6.54. The van der Waals surface area contributed by atoms with E-state index < -0.39 is 23.5 Å². The van der Waals surface area contributed by atoms with Crippen molar-refractivity contribution >= 4 is 22.7 Å². The number of ether oxygens (including phenoxy) is 2. The lowest BCUT2D eigenvalue weighted by Crippen LogP contribution is -3.14. The van der Waals surface area contributed by atoms with E-state index in [9.17, 15) is 14.7 Å². The summed E-state index contributed by atoms with van der Waals surface area (Å²) < 4.78 is 16.9. The summed E-state index contributed by atoms with van der Waals surface area (Å²) in [5, 5.41) is 11.7. The van der Waals surface area contributed by atoms with Gasteiger partial charge in [0.05, 0.1) is 44.5 Å². The number of quaternary nitrogens is 1. The van der Waals surface area contributed by atoms with Gasteiger partial charge in [-0.15, -0.1) is 0 Å². The van der Waals surface area contributed by atoms with Crippen molar-refractivity contribution in [2.45, 2.75) is 13.0 Å². The van der Waals surface area contributed by atoms with E-state index in [-0.39, 0.29) is 11.3 Å². The van der Waals surface area contributed by atoms with Gasteiger partial charge in [0.2, 0.25) is 5.78 Å². The molecule has 0 radical (unpaired) electrons. The first-order valence-electron chi connectivity index (χ1n) is 12.0. The number of rotatable bonds is 8. The van der Waals surface area contributed by atoms with E-state index in [2.05, 4.69) is 0 Å². The summed E-state index contributed by atoms with van der Waals surface area (Å²) in [5.41, 5.74) is 1.30. The number of para-hydroxylation sites is 1. The zero-order valence-electron chi connectivity index (χ0n) is 19.7. The van der Waals surface area contributed by atoms with Crippen molar-refractivity contribution in [3.63, 3.8) is 0 Å². The van der Waals surface area contributed by atoms with Gasteiger partial charge in [0.25, 0.3) is 5.91 Å². The number of benzene rings is 2. The number of nitrogens with zero attached hydrogens (tertiary/aromatic N) is 1. The number of ketones is 1. The Labute approximate surface area is 203 Å². The maximum atomic E-state index is 13.7. The quantitative estimate of drug-likeness (QED) is 0.484. The standard InChI is InChI=1S/C27H28N2O6/c1-2-34-20-8-5-7-19(16-20)24-23(25(30)22-17-18-6-3-4-9-21(18)35-22)26(31)27(32)29(24)11-10-28-12-14-33-15-13-28/h3-9,16-17,24,31H,2,10-15H2,1H3/p+1/t24-/m1/s1. The minimum absolute atomic E-state index is 0.0275. The van der Waals surface area contributed by atoms with Gasteiger partial charge in [-0.2, -0.15) is 0 Å². The lowest BCUT2D eigenvalue weighted by molar-refractivity contribution is -0.907. The molecular formula is C27H29N2O6+. The first kappa shape index (κ1) is 23.1. The van der Waals surface area contributed by atoms with E-state index in [4.69, 9.17) is 13.9 Å². The van der Waals surface area contributed by atoms with Crippen LogP contribution in [0.25, 0.3) is 11.0 Å². The van der Waals surface area contributed by atoms with Crippen LogP contribution in [0.1, 0.15) is 29.1 Å². The maximum absolute atomic E-state index is 13.7. The Balaban J connectivity index is 1.51. The van der Waals surface area contributed by atoms with Crippen molar-refractivity contribution in [2.75, 3.05) is 46.0 Å². The molecule has 1 saturated heterocycles. The molecular weight excluding hydrogens is 448 g/mol. The molecule has 1 fully saturated rings. The van der Waals surface area contributed by atoms with Crippen LogP contribution in [-0.2, 0) is 9.53 Å². The van der Waals surface area contributed by atoms with Gasteiger partial charge in [0.15, 0.2) is 11.5 Å². The molecule has 3 aromatic rings. The number of morpholine rings is 1. The van der Waals surface area contributed by atoms with Gasteiger partial charge in [0.1, 0.15) is 24.4 Å². The van der Waals surface area contributed by atoms with Crippen LogP contribution in [0.5, 0.6) is 5.75 Å². The topological polar surface area (TPSA) is 93.7 Å². The largest absolute Gasteiger partial charge is 0.503 e. The van der Waals surface area contributed by atoms with Gasteiger partial charge >= 0.3 is 0 Å². The Bertz CT molecular complexity index is 1240. The summed E-state index contributed by atoms with van der Waals surface area (Å²) in [5.74, 6) is -0.853. The molecule has 0 unspecified atom stereocenters. The van der Waals surface area contributed by atoms with Gasteiger partial charge in [-0.1, -0.05) is 30.3 Å². The van der Waals surface area contributed by atoms with Crippen molar-refractivity contribution in [2.24, 2.45) is 0 Å². The minimum Gasteiger partial charge on any atom is -0.503 e. The van der Waals surface area contributed by atoms with Gasteiger partial charge in [-0.3, -0.25) is 9.59 Å². The number of aliphatic hydroxyl groups excluding tert-OH is 1. The van der Waals surface area contributed by atoms with Crippen LogP contribution in [0, 0.1) is 0 Å². The maximum Gasteiger partial charge on any atom is 0.290 e. The summed E-state index contributed by atoms with van der Waals surface area (Å²) >= 11 is 0. The summed E-state index contributed by atoms with van der Waals surface area (Å²) in [4.78, 5) is 29.8. The van der Waals surface area contributed by atoms with Crippen LogP contribution in [-0.4, -0.2) is 67.7 Å². The van der Waals surface area contributed by atoms with Crippen molar-refractivity contribution in [3.05, 3.63) is 77.3 Å². The summed E-state index contributed by atoms with van der Waals surface area (Å²) in [6, 6.07) is 15.5. The lowest BCUT2D eigenvalue weighted by atomic mass is 9.95. The molecule has 1 atom stereocenters. The van der Waals surface area contributed by atoms with E-state index in [0.717, 1.165) is 18.5 Å². The zero-order chi connectivity index (χ0) is 24.4. The second kappa shape index (κ2) is 9.93. The van der Waals surface area contributed by atoms with Crippen molar-refractivity contribution in [1.82, 2.24) is 4.90 Å². The first-order valence-corrected chi connectivity index (χ1v) is 12.0. The molecule has 2 aromatic carbocycles. The third-order valence-corrected chi connectivity index (χ3v) is 6.59. The Morgan fingerprint density at radius 2 is 1.94 bits per heavy atom. The zero-order valence-corrected chi connectivity index (χ0v) is 19.7. The number of hydrogen-bond acceptors (Lipinski definition) is 6. The first-order chi connectivity index (χ1) is 17.1. The molecule has 2 aliphatic heterocycles. The van der Waals surface area contributed by atoms with Crippen LogP contribution in [0.4, 0.5) is 0 Å². The van der Waals surface area contributed by atoms with E-state index in [1.54, 1.807) is 17.0 Å². The highest BCUT2D eigenvalue weighted by atomic mass is 16.5. The van der Waals surface area contributed by atoms with Crippen LogP contribution in [0.15, 0.2) is 70.3 Å². The fourth-order valence-corrected chi connectivity index (χ4v) is 4.82. The number of amides is 1. The molecule has 0 bridgehead atoms. The molecule has 3 heterocycles. The fraction of sp³-hybridized carbons (Fsp3) is 0.333. The van der Waals surface area contributed by atoms with Crippen LogP contribution < -0.4 is 9.64 Å². The number of furan rings is 1. The number of hydrogen-bond donors (Lipinski definition) is 2. The number of carbonyl (C=O) groups is 2. The number of carbonyl (C=O) groups excluding carboxylic acids is 2. The summed E-state index contributed by atoms with van der Waals surface area (Å²) in [6.07, 6.45) is 0. The van der Waals surface area contributed by atoms with Crippen molar-refractivity contribution in [1.29, 1.82) is 0 Å². The monoisotopic (exact) mass is 477 g/mol. The van der Waals surface area contributed by atoms with Gasteiger partial charge < -0.3 is 28.8 Å². The van der Waals surface area contributed by atoms with E-state index in [0.29, 0.717) is 49.8 Å². The average molecular weight is 478 g/mol. The molecule has 0 saturated carbocycles. The molecule has 8 heteroatoms. The molecule has 2 aliphatic rings. The molecule has 5 rings (SSSR count). The Hall–Kier alpha value is -3.62. The fourth-order valence-electron chi connectivity index (χ4n) is 4.82. The number of aliphatic hydroxyl groups is 1. The van der Waals surface area contributed by atoms with E-state index in [1.165, 1.54) is 4.90 Å². The minimum atomic E-state index is -0.746. The van der Waals surface area contributed by atoms with Crippen LogP contribution in [0.2, 0.25) is 0 Å². The number of nitrogens with one attached hydrogen (secondary N) is 1. The highest BCUT2D eigenvalue weighted by molar-refractivity contribution is 6.16. The van der Waals surface area contributed by atoms with Gasteiger partial charge in [0, 0.05) is 5.39 Å². The molecule has 2 N–H and O–H groups in total. The van der Waals surface area contributed by atoms with Crippen molar-refractivity contribution in [3.8, 4) is 5.75 Å². The molecule has 35 heavy (non-hydrogen) atoms. The van der Waals surface area contributed by atoms with Crippen LogP contribution >= 0.6 is 0 Å². The number of fused-ring (bicyclic) bond motifs is 1. The Morgan fingerprint density at radius 3 is 2.71 bits per heavy atom. The smallest absolute Gasteiger partial charge is 0.290 e. The Morgan fingerprint density at radius 1 is 1.14 bits per heavy atom. The predicted octanol–water partition coefficient (Wildman–Crippen LogP) is 2.32. The highest BCUT2D eigenvalue weighted by Crippen LogP contribution is 2.40. The average Bonchev–Trinajstić information content (AvgIpc) is 3.43. The van der Waals surface area contributed by atoms with E-state index >= 15 is 0 Å². The predicted molar refractivity (Wildman–Crippen MR) is 129 cm³/mol. The summed E-state index contributed by atoms with van der Waals surface area (Å²) in [7, 11) is 0. The Kier molecular flexibility index (Phi) is 6.57. The number of Topliss-reactive ketones (excluding diaryl/α,β-unsaturated/α-hetero) is 1. The molecule has 182 valence electrons.